The minimum Gasteiger partial charge on any atom is -0.481 e. The van der Waals surface area contributed by atoms with Gasteiger partial charge >= 0.3 is 6.18 Å². The molecule has 2 aromatic rings. The highest BCUT2D eigenvalue weighted by Crippen LogP contribution is 2.49. The Kier molecular flexibility index (Phi) is 20.5. The van der Waals surface area contributed by atoms with Crippen molar-refractivity contribution in [3.63, 3.8) is 0 Å². The van der Waals surface area contributed by atoms with Gasteiger partial charge in [0, 0.05) is 40.2 Å². The molecule has 12 heteroatoms. The number of thiophene rings is 1. The maximum absolute atomic E-state index is 17.2. The zero-order valence-corrected chi connectivity index (χ0v) is 38.0. The number of alkyl halides is 3. The number of likely N-dealkylation sites (tertiary alicyclic amines) is 1. The molecular formula is C47H65F5N4O2S. The third-order valence-corrected chi connectivity index (χ3v) is 12.3. The average molecular weight is 845 g/mol. The Morgan fingerprint density at radius 3 is 2.14 bits per heavy atom. The largest absolute Gasteiger partial charge is 0.481 e. The smallest absolute Gasteiger partial charge is 0.417 e. The zero-order chi connectivity index (χ0) is 44.8. The summed E-state index contributed by atoms with van der Waals surface area (Å²) in [5, 5.41) is 10.1. The van der Waals surface area contributed by atoms with Crippen LogP contribution in [0.25, 0.3) is 15.7 Å². The molecule has 1 aromatic carbocycles. The van der Waals surface area contributed by atoms with Crippen LogP contribution in [-0.4, -0.2) is 67.3 Å². The fourth-order valence-corrected chi connectivity index (χ4v) is 8.24. The van der Waals surface area contributed by atoms with Gasteiger partial charge in [-0.1, -0.05) is 74.5 Å². The lowest BCUT2D eigenvalue weighted by Gasteiger charge is -2.36. The molecule has 4 rings (SSSR count). The zero-order valence-electron chi connectivity index (χ0n) is 37.2. The van der Waals surface area contributed by atoms with Crippen molar-refractivity contribution in [1.29, 1.82) is 5.26 Å². The number of hydrogen-bond donors (Lipinski definition) is 0. The third-order valence-electron chi connectivity index (χ3n) is 10.9. The lowest BCUT2D eigenvalue weighted by Crippen LogP contribution is -2.36. The standard InChI is InChI=1S/C37H46F5N3OS.C6H13N.C4H6O/c1-11-13-30(46-10)44-34-25(23(8)45(9)29(20(3)4)17-14-22(7)12-2)18-27(37(40,41)42)32(33(34)39)24-15-16-28(38)36-31(24)26(19-43)35(47-36)21(5)6;1-2-7-5-3-4-6-7;1-3-4(2)5/h13,15-16,18,20-22,29H,11-12,14,17H2,1-10H3;2-6H2,1H3;3H,1H2,2H3/b25-23+,30-13-,44-34+;;. The molecule has 2 atom stereocenters. The van der Waals surface area contributed by atoms with Gasteiger partial charge in [-0.2, -0.15) is 18.4 Å². The minimum atomic E-state index is -5.00. The van der Waals surface area contributed by atoms with E-state index in [1.807, 2.05) is 32.7 Å². The van der Waals surface area contributed by atoms with Crippen LogP contribution in [0, 0.1) is 29.0 Å². The van der Waals surface area contributed by atoms with Gasteiger partial charge in [0.2, 0.25) is 5.88 Å². The van der Waals surface area contributed by atoms with E-state index in [4.69, 9.17) is 4.74 Å². The number of nitrogens with zero attached hydrogens (tertiary/aromatic N) is 4. The van der Waals surface area contributed by atoms with Crippen LogP contribution in [0.15, 0.2) is 70.5 Å². The van der Waals surface area contributed by atoms with E-state index in [1.54, 1.807) is 13.0 Å². The number of ether oxygens (including phenoxy) is 1. The van der Waals surface area contributed by atoms with Gasteiger partial charge in [0.1, 0.15) is 17.6 Å². The third kappa shape index (κ3) is 13.5. The molecule has 326 valence electrons. The molecule has 0 N–H and O–H groups in total. The van der Waals surface area contributed by atoms with E-state index in [9.17, 15) is 10.1 Å². The predicted octanol–water partition coefficient (Wildman–Crippen LogP) is 13.5. The Bertz CT molecular complexity index is 1960. The van der Waals surface area contributed by atoms with Crippen LogP contribution in [-0.2, 0) is 9.53 Å². The number of halogens is 5. The second kappa shape index (κ2) is 23.6. The lowest BCUT2D eigenvalue weighted by atomic mass is 9.84. The van der Waals surface area contributed by atoms with Crippen LogP contribution in [0.1, 0.15) is 130 Å². The number of fused-ring (bicyclic) bond motifs is 1. The van der Waals surface area contributed by atoms with Crippen molar-refractivity contribution < 1.29 is 31.5 Å². The summed E-state index contributed by atoms with van der Waals surface area (Å²) in [6.45, 7) is 26.4. The van der Waals surface area contributed by atoms with Gasteiger partial charge in [0.05, 0.1) is 22.9 Å². The highest BCUT2D eigenvalue weighted by molar-refractivity contribution is 7.19. The second-order valence-electron chi connectivity index (χ2n) is 15.7. The topological polar surface area (TPSA) is 68.9 Å². The number of rotatable bonds is 14. The van der Waals surface area contributed by atoms with E-state index in [1.165, 1.54) is 52.6 Å². The summed E-state index contributed by atoms with van der Waals surface area (Å²) in [4.78, 5) is 19.1. The molecule has 0 spiro atoms. The summed E-state index contributed by atoms with van der Waals surface area (Å²) in [5.41, 5.74) is -2.11. The summed E-state index contributed by atoms with van der Waals surface area (Å²) in [5.74, 6) is -1.42. The number of ketones is 1. The molecule has 1 fully saturated rings. The van der Waals surface area contributed by atoms with Crippen LogP contribution >= 0.6 is 11.3 Å². The second-order valence-corrected chi connectivity index (χ2v) is 16.8. The first-order valence-electron chi connectivity index (χ1n) is 20.7. The van der Waals surface area contributed by atoms with Gasteiger partial charge in [-0.25, -0.2) is 13.8 Å². The van der Waals surface area contributed by atoms with Gasteiger partial charge in [-0.05, 0) is 113 Å². The molecule has 59 heavy (non-hydrogen) atoms. The van der Waals surface area contributed by atoms with Crippen LogP contribution in [0.2, 0.25) is 0 Å². The Hall–Kier alpha value is -4.08. The van der Waals surface area contributed by atoms with Gasteiger partial charge in [0.15, 0.2) is 11.6 Å². The van der Waals surface area contributed by atoms with E-state index in [-0.39, 0.29) is 62.0 Å². The Morgan fingerprint density at radius 1 is 1.08 bits per heavy atom. The molecule has 2 unspecified atom stereocenters. The molecule has 1 aliphatic carbocycles. The molecule has 2 aliphatic rings. The first-order valence-corrected chi connectivity index (χ1v) is 21.5. The SMILES string of the molecule is C=CC(C)=O.CC/C=C(/N=C1/C(F)=C(c2ccc(F)c3sc(C(C)C)c(C#N)c23)C(C(F)(F)F)=C/C1=C(/C)N(C)C(CCC(C)CC)C(C)C)OC.CCN1CCCC1. The van der Waals surface area contributed by atoms with Crippen molar-refractivity contribution in [3.05, 3.63) is 87.3 Å². The summed E-state index contributed by atoms with van der Waals surface area (Å²) in [7, 11) is 3.18. The molecule has 2 heterocycles. The quantitative estimate of drug-likeness (QED) is 0.108. The van der Waals surface area contributed by atoms with Crippen molar-refractivity contribution in [2.45, 2.75) is 126 Å². The van der Waals surface area contributed by atoms with Gasteiger partial charge in [0.25, 0.3) is 0 Å². The molecular weight excluding hydrogens is 780 g/mol. The van der Waals surface area contributed by atoms with Crippen molar-refractivity contribution >= 4 is 38.5 Å². The number of carbonyl (C=O) groups excluding carboxylic acids is 1. The fraction of sp³-hybridized carbons (Fsp3) is 0.553. The summed E-state index contributed by atoms with van der Waals surface area (Å²) >= 11 is 0.998. The van der Waals surface area contributed by atoms with Crippen molar-refractivity contribution in [1.82, 2.24) is 9.80 Å². The molecule has 1 saturated heterocycles. The number of benzene rings is 1. The number of aliphatic imine (C=N–C) groups is 1. The van der Waals surface area contributed by atoms with Crippen molar-refractivity contribution in [2.75, 3.05) is 33.8 Å². The minimum absolute atomic E-state index is 0.00450. The molecule has 0 bridgehead atoms. The van der Waals surface area contributed by atoms with Crippen LogP contribution in [0.4, 0.5) is 22.0 Å². The van der Waals surface area contributed by atoms with E-state index in [0.29, 0.717) is 22.9 Å². The van der Waals surface area contributed by atoms with E-state index in [0.717, 1.165) is 48.8 Å². The van der Waals surface area contributed by atoms with Crippen molar-refractivity contribution in [3.8, 4) is 6.07 Å². The molecule has 1 aliphatic heterocycles. The number of allylic oxidation sites excluding steroid dienone is 8. The Morgan fingerprint density at radius 2 is 1.69 bits per heavy atom. The number of hydrogen-bond acceptors (Lipinski definition) is 7. The van der Waals surface area contributed by atoms with E-state index < -0.39 is 29.0 Å². The molecule has 1 aromatic heterocycles. The molecule has 0 radical (unpaired) electrons. The lowest BCUT2D eigenvalue weighted by molar-refractivity contribution is -0.112. The van der Waals surface area contributed by atoms with Crippen LogP contribution in [0.5, 0.6) is 0 Å². The van der Waals surface area contributed by atoms with Crippen LogP contribution < -0.4 is 0 Å². The van der Waals surface area contributed by atoms with Gasteiger partial charge < -0.3 is 14.5 Å². The monoisotopic (exact) mass is 844 g/mol. The van der Waals surface area contributed by atoms with E-state index in [2.05, 4.69) is 57.2 Å². The first-order chi connectivity index (χ1) is 27.7. The molecule has 0 saturated carbocycles. The summed E-state index contributed by atoms with van der Waals surface area (Å²) in [6, 6.07) is 4.17. The number of methoxy groups -OCH3 is 1. The average Bonchev–Trinajstić information content (AvgIpc) is 3.87. The maximum atomic E-state index is 17.2. The number of nitriles is 1. The fourth-order valence-electron chi connectivity index (χ4n) is 7.06. The maximum Gasteiger partial charge on any atom is 0.417 e. The van der Waals surface area contributed by atoms with Gasteiger partial charge in [-0.3, -0.25) is 4.79 Å². The predicted molar refractivity (Wildman–Crippen MR) is 236 cm³/mol. The Balaban J connectivity index is 0.000000858. The van der Waals surface area contributed by atoms with Crippen molar-refractivity contribution in [2.24, 2.45) is 16.8 Å². The highest BCUT2D eigenvalue weighted by Gasteiger charge is 2.43. The van der Waals surface area contributed by atoms with E-state index >= 15 is 22.0 Å². The number of carbonyl (C=O) groups is 1. The normalized spacial score (nSPS) is 17.6. The molecule has 0 amide bonds. The van der Waals surface area contributed by atoms with Gasteiger partial charge in [-0.15, -0.1) is 11.3 Å². The highest BCUT2D eigenvalue weighted by atomic mass is 32.1. The van der Waals surface area contributed by atoms with Crippen LogP contribution in [0.3, 0.4) is 0 Å². The summed E-state index contributed by atoms with van der Waals surface area (Å²) in [6.07, 6.45) is 4.92. The summed E-state index contributed by atoms with van der Waals surface area (Å²) < 4.78 is 83.0. The Labute approximate surface area is 353 Å². The molecule has 6 nitrogen and oxygen atoms in total. The first kappa shape index (κ1) is 51.1.